The fourth-order valence-corrected chi connectivity index (χ4v) is 4.16. The van der Waals surface area contributed by atoms with Crippen LogP contribution >= 0.6 is 35.0 Å². The maximum atomic E-state index is 12.9. The molecule has 1 aromatic heterocycles. The van der Waals surface area contributed by atoms with E-state index in [4.69, 9.17) is 27.6 Å². The van der Waals surface area contributed by atoms with E-state index in [0.717, 1.165) is 28.8 Å². The van der Waals surface area contributed by atoms with Gasteiger partial charge in [0.25, 0.3) is 11.1 Å². The summed E-state index contributed by atoms with van der Waals surface area (Å²) >= 11 is 12.6. The monoisotopic (exact) mass is 497 g/mol. The van der Waals surface area contributed by atoms with Crippen LogP contribution in [0.2, 0.25) is 10.0 Å². The number of carbonyl (C=O) groups is 2. The van der Waals surface area contributed by atoms with Crippen molar-refractivity contribution in [2.45, 2.75) is 12.7 Å². The Balaban J connectivity index is 1.54. The minimum absolute atomic E-state index is 0.0204. The molecule has 0 aliphatic carbocycles. The Morgan fingerprint density at radius 3 is 2.50 bits per heavy atom. The van der Waals surface area contributed by atoms with Crippen molar-refractivity contribution < 1.29 is 27.2 Å². The second kappa shape index (κ2) is 8.69. The lowest BCUT2D eigenvalue weighted by atomic mass is 10.1. The number of hydrogen-bond donors (Lipinski definition) is 0. The number of furan rings is 1. The van der Waals surface area contributed by atoms with Crippen LogP contribution < -0.4 is 0 Å². The number of hydrogen-bond acceptors (Lipinski definition) is 4. The van der Waals surface area contributed by atoms with Gasteiger partial charge in [-0.15, -0.1) is 0 Å². The summed E-state index contributed by atoms with van der Waals surface area (Å²) in [5, 5.41) is 0.209. The molecule has 32 heavy (non-hydrogen) atoms. The van der Waals surface area contributed by atoms with Crippen molar-refractivity contribution in [1.29, 1.82) is 0 Å². The molecule has 0 bridgehead atoms. The van der Waals surface area contributed by atoms with Crippen molar-refractivity contribution in [1.82, 2.24) is 4.90 Å². The third kappa shape index (κ3) is 4.72. The van der Waals surface area contributed by atoms with Crippen LogP contribution in [0.25, 0.3) is 17.4 Å². The van der Waals surface area contributed by atoms with Gasteiger partial charge in [-0.3, -0.25) is 14.5 Å². The molecule has 0 unspecified atom stereocenters. The van der Waals surface area contributed by atoms with Crippen molar-refractivity contribution in [3.63, 3.8) is 0 Å². The lowest BCUT2D eigenvalue weighted by Gasteiger charge is -2.12. The summed E-state index contributed by atoms with van der Waals surface area (Å²) in [4.78, 5) is 26.2. The normalized spacial score (nSPS) is 15.8. The molecule has 0 spiro atoms. The summed E-state index contributed by atoms with van der Waals surface area (Å²) < 4.78 is 44.4. The highest BCUT2D eigenvalue weighted by molar-refractivity contribution is 8.18. The number of benzene rings is 2. The van der Waals surface area contributed by atoms with Crippen LogP contribution in [0.3, 0.4) is 0 Å². The SMILES string of the molecule is O=C1S/C(=C\c2ccc(-c3cccc(C(F)(F)F)c3)o2)C(=O)N1Cc1ccc(Cl)c(Cl)c1. The topological polar surface area (TPSA) is 50.5 Å². The third-order valence-electron chi connectivity index (χ3n) is 4.57. The Bertz CT molecular complexity index is 1250. The molecule has 1 fully saturated rings. The van der Waals surface area contributed by atoms with E-state index >= 15 is 0 Å². The first-order valence-corrected chi connectivity index (χ1v) is 10.7. The van der Waals surface area contributed by atoms with Crippen molar-refractivity contribution >= 4 is 52.2 Å². The lowest BCUT2D eigenvalue weighted by molar-refractivity contribution is -0.137. The highest BCUT2D eigenvalue weighted by Crippen LogP contribution is 2.36. The summed E-state index contributed by atoms with van der Waals surface area (Å²) in [6.45, 7) is 0.0204. The van der Waals surface area contributed by atoms with Gasteiger partial charge in [-0.1, -0.05) is 41.4 Å². The summed E-state index contributed by atoms with van der Waals surface area (Å²) in [6, 6.07) is 12.6. The van der Waals surface area contributed by atoms with E-state index in [9.17, 15) is 22.8 Å². The van der Waals surface area contributed by atoms with Crippen LogP contribution in [0.15, 0.2) is 63.9 Å². The third-order valence-corrected chi connectivity index (χ3v) is 6.22. The number of rotatable bonds is 4. The maximum Gasteiger partial charge on any atom is 0.416 e. The Morgan fingerprint density at radius 1 is 1.00 bits per heavy atom. The molecule has 2 amide bonds. The van der Waals surface area contributed by atoms with Gasteiger partial charge >= 0.3 is 6.18 Å². The summed E-state index contributed by atoms with van der Waals surface area (Å²) in [6.07, 6.45) is -3.09. The van der Waals surface area contributed by atoms with Crippen molar-refractivity contribution in [3.8, 4) is 11.3 Å². The molecule has 4 nitrogen and oxygen atoms in total. The van der Waals surface area contributed by atoms with Gasteiger partial charge in [0.2, 0.25) is 0 Å². The zero-order chi connectivity index (χ0) is 23.0. The van der Waals surface area contributed by atoms with Gasteiger partial charge in [0.1, 0.15) is 11.5 Å². The van der Waals surface area contributed by atoms with Gasteiger partial charge < -0.3 is 4.42 Å². The number of halogens is 5. The predicted octanol–water partition coefficient (Wildman–Crippen LogP) is 7.51. The van der Waals surface area contributed by atoms with Gasteiger partial charge in [0.15, 0.2) is 0 Å². The van der Waals surface area contributed by atoms with Crippen molar-refractivity contribution in [2.24, 2.45) is 0 Å². The summed E-state index contributed by atoms with van der Waals surface area (Å²) in [5.74, 6) is -0.0714. The first-order chi connectivity index (χ1) is 15.1. The molecule has 4 rings (SSSR count). The van der Waals surface area contributed by atoms with Gasteiger partial charge in [-0.25, -0.2) is 0 Å². The van der Waals surface area contributed by atoms with E-state index in [1.54, 1.807) is 18.2 Å². The van der Waals surface area contributed by atoms with E-state index in [1.807, 2.05) is 0 Å². The zero-order valence-corrected chi connectivity index (χ0v) is 18.3. The number of amides is 2. The average molecular weight is 498 g/mol. The van der Waals surface area contributed by atoms with E-state index in [0.29, 0.717) is 15.6 Å². The fourth-order valence-electron chi connectivity index (χ4n) is 3.02. The first kappa shape index (κ1) is 22.5. The number of thioether (sulfide) groups is 1. The molecule has 2 heterocycles. The first-order valence-electron chi connectivity index (χ1n) is 9.08. The smallest absolute Gasteiger partial charge is 0.416 e. The minimum atomic E-state index is -4.47. The number of carbonyl (C=O) groups excluding carboxylic acids is 2. The van der Waals surface area contributed by atoms with Crippen LogP contribution in [0.4, 0.5) is 18.0 Å². The zero-order valence-electron chi connectivity index (χ0n) is 16.0. The van der Waals surface area contributed by atoms with Crippen molar-refractivity contribution in [2.75, 3.05) is 0 Å². The van der Waals surface area contributed by atoms with Crippen LogP contribution in [0.1, 0.15) is 16.9 Å². The summed E-state index contributed by atoms with van der Waals surface area (Å²) in [7, 11) is 0. The number of nitrogens with zero attached hydrogens (tertiary/aromatic N) is 1. The van der Waals surface area contributed by atoms with Gasteiger partial charge in [-0.2, -0.15) is 13.2 Å². The molecule has 1 saturated heterocycles. The van der Waals surface area contributed by atoms with E-state index in [-0.39, 0.29) is 28.5 Å². The van der Waals surface area contributed by atoms with Crippen LogP contribution in [-0.4, -0.2) is 16.0 Å². The summed E-state index contributed by atoms with van der Waals surface area (Å²) in [5.41, 5.74) is 0.0800. The minimum Gasteiger partial charge on any atom is -0.457 e. The van der Waals surface area contributed by atoms with E-state index < -0.39 is 22.9 Å². The molecule has 10 heteroatoms. The highest BCUT2D eigenvalue weighted by Gasteiger charge is 2.35. The Kier molecular flexibility index (Phi) is 6.11. The molecule has 3 aromatic rings. The van der Waals surface area contributed by atoms with Gasteiger partial charge in [0.05, 0.1) is 27.1 Å². The maximum absolute atomic E-state index is 12.9. The molecular formula is C22H12Cl2F3NO3S. The lowest BCUT2D eigenvalue weighted by Crippen LogP contribution is -2.27. The molecular weight excluding hydrogens is 486 g/mol. The molecule has 0 atom stereocenters. The quantitative estimate of drug-likeness (QED) is 0.350. The fraction of sp³-hybridized carbons (Fsp3) is 0.0909. The highest BCUT2D eigenvalue weighted by atomic mass is 35.5. The van der Waals surface area contributed by atoms with Crippen LogP contribution in [-0.2, 0) is 17.5 Å². The molecule has 1 aliphatic rings. The largest absolute Gasteiger partial charge is 0.457 e. The standard InChI is InChI=1S/C22H12Cl2F3NO3S/c23-16-6-4-12(8-17(16)24)11-28-20(29)19(32-21(28)30)10-15-5-7-18(31-15)13-2-1-3-14(9-13)22(25,26)27/h1-10H,11H2/b19-10-. The van der Waals surface area contributed by atoms with Crippen LogP contribution in [0, 0.1) is 0 Å². The van der Waals surface area contributed by atoms with Gasteiger partial charge in [-0.05, 0) is 53.7 Å². The molecule has 0 N–H and O–H groups in total. The van der Waals surface area contributed by atoms with Crippen molar-refractivity contribution in [3.05, 3.63) is 86.4 Å². The Labute approximate surface area is 194 Å². The molecule has 0 saturated carbocycles. The average Bonchev–Trinajstić information content (AvgIpc) is 3.31. The molecule has 164 valence electrons. The molecule has 1 aliphatic heterocycles. The number of imide groups is 1. The van der Waals surface area contributed by atoms with E-state index in [1.165, 1.54) is 30.3 Å². The predicted molar refractivity (Wildman–Crippen MR) is 117 cm³/mol. The van der Waals surface area contributed by atoms with Crippen LogP contribution in [0.5, 0.6) is 0 Å². The second-order valence-electron chi connectivity index (χ2n) is 6.80. The molecule has 2 aromatic carbocycles. The molecule has 0 radical (unpaired) electrons. The Morgan fingerprint density at radius 2 is 1.78 bits per heavy atom. The van der Waals surface area contributed by atoms with E-state index in [2.05, 4.69) is 0 Å². The number of alkyl halides is 3. The second-order valence-corrected chi connectivity index (χ2v) is 8.60. The Hall–Kier alpha value is -2.68. The van der Waals surface area contributed by atoms with Gasteiger partial charge in [0, 0.05) is 11.6 Å².